The van der Waals surface area contributed by atoms with Gasteiger partial charge in [-0.2, -0.15) is 13.2 Å². The maximum atomic E-state index is 13.0. The summed E-state index contributed by atoms with van der Waals surface area (Å²) in [5.74, 6) is 0.330. The fraction of sp³-hybridized carbons (Fsp3) is 0.200. The Balaban J connectivity index is 1.55. The van der Waals surface area contributed by atoms with Crippen LogP contribution in [0.5, 0.6) is 11.5 Å². The van der Waals surface area contributed by atoms with Crippen molar-refractivity contribution >= 4 is 16.9 Å². The van der Waals surface area contributed by atoms with Crippen molar-refractivity contribution in [2.45, 2.75) is 6.18 Å². The van der Waals surface area contributed by atoms with E-state index in [1.54, 1.807) is 12.1 Å². The maximum Gasteiger partial charge on any atom is 0.417 e. The summed E-state index contributed by atoms with van der Waals surface area (Å²) < 4.78 is 54.6. The Morgan fingerprint density at radius 3 is 2.48 bits per heavy atom. The number of rotatable bonds is 7. The molecule has 0 bridgehead atoms. The van der Waals surface area contributed by atoms with Gasteiger partial charge in [0.25, 0.3) is 5.91 Å². The molecular formula is C20H16F3NO5. The molecule has 9 heteroatoms. The number of halogens is 3. The van der Waals surface area contributed by atoms with Crippen LogP contribution in [0.3, 0.4) is 0 Å². The van der Waals surface area contributed by atoms with E-state index in [9.17, 15) is 22.8 Å². The normalized spacial score (nSPS) is 11.3. The molecule has 0 aliphatic carbocycles. The van der Waals surface area contributed by atoms with Gasteiger partial charge in [-0.15, -0.1) is 0 Å². The number of carbonyl (C=O) groups is 1. The number of hydrogen-bond donors (Lipinski definition) is 1. The molecule has 3 rings (SSSR count). The Kier molecular flexibility index (Phi) is 6.06. The van der Waals surface area contributed by atoms with Gasteiger partial charge in [-0.1, -0.05) is 18.2 Å². The van der Waals surface area contributed by atoms with Crippen molar-refractivity contribution in [3.8, 4) is 11.5 Å². The molecule has 2 aromatic carbocycles. The average molecular weight is 407 g/mol. The Bertz CT molecular complexity index is 1050. The molecule has 1 amide bonds. The second-order valence-electron chi connectivity index (χ2n) is 5.93. The van der Waals surface area contributed by atoms with Gasteiger partial charge in [0.15, 0.2) is 6.61 Å². The second-order valence-corrected chi connectivity index (χ2v) is 5.93. The number of ether oxygens (including phenoxy) is 2. The van der Waals surface area contributed by atoms with Crippen LogP contribution in [0, 0.1) is 0 Å². The molecule has 0 spiro atoms. The number of para-hydroxylation sites is 1. The van der Waals surface area contributed by atoms with Crippen LogP contribution in [-0.4, -0.2) is 25.7 Å². The summed E-state index contributed by atoms with van der Waals surface area (Å²) in [4.78, 5) is 23.2. The SMILES string of the molecule is O=C(COc1ccc2c(C(F)(F)F)cc(=O)oc2c1)NCCOc1ccccc1. The summed E-state index contributed by atoms with van der Waals surface area (Å²) in [7, 11) is 0. The van der Waals surface area contributed by atoms with E-state index in [0.29, 0.717) is 11.8 Å². The van der Waals surface area contributed by atoms with Crippen molar-refractivity contribution in [3.63, 3.8) is 0 Å². The second kappa shape index (κ2) is 8.68. The molecule has 0 aliphatic heterocycles. The highest BCUT2D eigenvalue weighted by molar-refractivity contribution is 5.82. The molecule has 0 radical (unpaired) electrons. The predicted octanol–water partition coefficient (Wildman–Crippen LogP) is 3.39. The van der Waals surface area contributed by atoms with Crippen molar-refractivity contribution in [2.75, 3.05) is 19.8 Å². The number of amides is 1. The molecule has 0 saturated heterocycles. The zero-order valence-electron chi connectivity index (χ0n) is 15.0. The van der Waals surface area contributed by atoms with Crippen LogP contribution in [-0.2, 0) is 11.0 Å². The average Bonchev–Trinajstić information content (AvgIpc) is 2.69. The van der Waals surface area contributed by atoms with Gasteiger partial charge in [0.1, 0.15) is 23.7 Å². The first-order valence-electron chi connectivity index (χ1n) is 8.55. The molecule has 3 aromatic rings. The number of carbonyl (C=O) groups excluding carboxylic acids is 1. The fourth-order valence-corrected chi connectivity index (χ4v) is 2.54. The third kappa shape index (κ3) is 5.50. The lowest BCUT2D eigenvalue weighted by Crippen LogP contribution is -2.32. The van der Waals surface area contributed by atoms with Crippen LogP contribution in [0.25, 0.3) is 11.0 Å². The van der Waals surface area contributed by atoms with Crippen LogP contribution < -0.4 is 20.4 Å². The lowest BCUT2D eigenvalue weighted by molar-refractivity contribution is -0.136. The van der Waals surface area contributed by atoms with E-state index in [2.05, 4.69) is 5.32 Å². The van der Waals surface area contributed by atoms with Gasteiger partial charge in [-0.3, -0.25) is 4.79 Å². The highest BCUT2D eigenvalue weighted by atomic mass is 19.4. The summed E-state index contributed by atoms with van der Waals surface area (Å²) in [6.07, 6.45) is -4.70. The quantitative estimate of drug-likeness (QED) is 0.480. The van der Waals surface area contributed by atoms with Gasteiger partial charge < -0.3 is 19.2 Å². The van der Waals surface area contributed by atoms with E-state index in [1.165, 1.54) is 6.07 Å². The Morgan fingerprint density at radius 2 is 1.76 bits per heavy atom. The highest BCUT2D eigenvalue weighted by Crippen LogP contribution is 2.34. The first-order chi connectivity index (χ1) is 13.8. The largest absolute Gasteiger partial charge is 0.492 e. The van der Waals surface area contributed by atoms with Crippen molar-refractivity contribution in [2.24, 2.45) is 0 Å². The zero-order valence-corrected chi connectivity index (χ0v) is 15.0. The van der Waals surface area contributed by atoms with Crippen LogP contribution in [0.2, 0.25) is 0 Å². The van der Waals surface area contributed by atoms with Gasteiger partial charge >= 0.3 is 11.8 Å². The summed E-state index contributed by atoms with van der Waals surface area (Å²) in [5.41, 5.74) is -2.50. The zero-order chi connectivity index (χ0) is 20.9. The van der Waals surface area contributed by atoms with Gasteiger partial charge in [-0.25, -0.2) is 4.79 Å². The minimum Gasteiger partial charge on any atom is -0.492 e. The Hall–Kier alpha value is -3.49. The number of nitrogens with one attached hydrogen (secondary N) is 1. The Labute approximate surface area is 162 Å². The van der Waals surface area contributed by atoms with E-state index < -0.39 is 23.3 Å². The van der Waals surface area contributed by atoms with Crippen molar-refractivity contribution in [3.05, 3.63) is 70.6 Å². The number of hydrogen-bond acceptors (Lipinski definition) is 5. The minimum absolute atomic E-state index is 0.0932. The van der Waals surface area contributed by atoms with Gasteiger partial charge in [0.05, 0.1) is 12.1 Å². The molecule has 1 N–H and O–H groups in total. The van der Waals surface area contributed by atoms with Gasteiger partial charge in [-0.05, 0) is 24.3 Å². The molecule has 0 unspecified atom stereocenters. The topological polar surface area (TPSA) is 77.8 Å². The van der Waals surface area contributed by atoms with Crippen molar-refractivity contribution in [1.29, 1.82) is 0 Å². The summed E-state index contributed by atoms with van der Waals surface area (Å²) in [5, 5.41) is 2.32. The molecule has 0 fully saturated rings. The first kappa shape index (κ1) is 20.2. The molecule has 0 atom stereocenters. The third-order valence-corrected chi connectivity index (χ3v) is 3.83. The van der Waals surface area contributed by atoms with E-state index in [0.717, 1.165) is 12.1 Å². The maximum absolute atomic E-state index is 13.0. The van der Waals surface area contributed by atoms with Gasteiger partial charge in [0, 0.05) is 17.5 Å². The summed E-state index contributed by atoms with van der Waals surface area (Å²) in [6, 6.07) is 13.0. The van der Waals surface area contributed by atoms with E-state index in [-0.39, 0.29) is 36.5 Å². The fourth-order valence-electron chi connectivity index (χ4n) is 2.54. The van der Waals surface area contributed by atoms with Crippen LogP contribution in [0.1, 0.15) is 5.56 Å². The predicted molar refractivity (Wildman–Crippen MR) is 97.9 cm³/mol. The Morgan fingerprint density at radius 1 is 1.00 bits per heavy atom. The number of benzene rings is 2. The molecule has 0 aliphatic rings. The van der Waals surface area contributed by atoms with E-state index in [1.807, 2.05) is 18.2 Å². The molecule has 0 saturated carbocycles. The van der Waals surface area contributed by atoms with Crippen molar-refractivity contribution < 1.29 is 31.9 Å². The first-order valence-corrected chi connectivity index (χ1v) is 8.55. The number of alkyl halides is 3. The monoisotopic (exact) mass is 407 g/mol. The highest BCUT2D eigenvalue weighted by Gasteiger charge is 2.33. The standard InChI is InChI=1S/C20H16F3NO5/c21-20(22,23)16-11-19(26)29-17-10-14(6-7-15(16)17)28-12-18(25)24-8-9-27-13-4-2-1-3-5-13/h1-7,10-11H,8-9,12H2,(H,24,25). The van der Waals surface area contributed by atoms with Crippen LogP contribution >= 0.6 is 0 Å². The lowest BCUT2D eigenvalue weighted by Gasteiger charge is -2.11. The molecule has 6 nitrogen and oxygen atoms in total. The van der Waals surface area contributed by atoms with Crippen LogP contribution in [0.15, 0.2) is 63.8 Å². The minimum atomic E-state index is -4.70. The molecule has 29 heavy (non-hydrogen) atoms. The summed E-state index contributed by atoms with van der Waals surface area (Å²) >= 11 is 0. The van der Waals surface area contributed by atoms with Gasteiger partial charge in [0.2, 0.25) is 0 Å². The van der Waals surface area contributed by atoms with Crippen LogP contribution in [0.4, 0.5) is 13.2 Å². The molecule has 1 heterocycles. The molecular weight excluding hydrogens is 391 g/mol. The van der Waals surface area contributed by atoms with E-state index in [4.69, 9.17) is 13.9 Å². The summed E-state index contributed by atoms with van der Waals surface area (Å²) in [6.45, 7) is 0.149. The van der Waals surface area contributed by atoms with Crippen molar-refractivity contribution in [1.82, 2.24) is 5.32 Å². The lowest BCUT2D eigenvalue weighted by atomic mass is 10.1. The van der Waals surface area contributed by atoms with E-state index >= 15 is 0 Å². The smallest absolute Gasteiger partial charge is 0.417 e. The molecule has 152 valence electrons. The third-order valence-electron chi connectivity index (χ3n) is 3.83. The number of fused-ring (bicyclic) bond motifs is 1. The molecule has 1 aromatic heterocycles.